The van der Waals surface area contributed by atoms with Crippen LogP contribution in [0, 0.1) is 11.3 Å². The molecule has 1 saturated heterocycles. The van der Waals surface area contributed by atoms with Crippen LogP contribution in [0.15, 0.2) is 0 Å². The molecule has 0 spiro atoms. The van der Waals surface area contributed by atoms with Crippen LogP contribution in [0.3, 0.4) is 0 Å². The van der Waals surface area contributed by atoms with Gasteiger partial charge in [0.1, 0.15) is 0 Å². The first kappa shape index (κ1) is 12.2. The van der Waals surface area contributed by atoms with Gasteiger partial charge in [0.05, 0.1) is 22.9 Å². The Morgan fingerprint density at radius 3 is 2.31 bits per heavy atom. The van der Waals surface area contributed by atoms with Crippen molar-refractivity contribution in [3.8, 4) is 0 Å². The highest BCUT2D eigenvalue weighted by molar-refractivity contribution is 7.91. The maximum atomic E-state index is 11.8. The number of hydrogen-bond acceptors (Lipinski definition) is 3. The average molecular weight is 266 g/mol. The number of alkyl halides is 1. The van der Waals surface area contributed by atoms with E-state index in [1.54, 1.807) is 0 Å². The second-order valence-electron chi connectivity index (χ2n) is 5.45. The number of carbonyl (C=O) groups is 1. The summed E-state index contributed by atoms with van der Waals surface area (Å²) in [5.41, 5.74) is 0.0589. The molecule has 1 aliphatic heterocycles. The van der Waals surface area contributed by atoms with Crippen LogP contribution in [0.4, 0.5) is 0 Å². The lowest BCUT2D eigenvalue weighted by Crippen LogP contribution is -2.42. The molecule has 0 aromatic carbocycles. The highest BCUT2D eigenvalue weighted by Gasteiger charge is 2.51. The first-order chi connectivity index (χ1) is 7.21. The van der Waals surface area contributed by atoms with E-state index >= 15 is 0 Å². The largest absolute Gasteiger partial charge is 0.351 e. The van der Waals surface area contributed by atoms with Crippen molar-refractivity contribution < 1.29 is 13.2 Å². The first-order valence-corrected chi connectivity index (χ1v) is 7.62. The van der Waals surface area contributed by atoms with Crippen LogP contribution in [0.25, 0.3) is 0 Å². The highest BCUT2D eigenvalue weighted by Crippen LogP contribution is 2.51. The van der Waals surface area contributed by atoms with E-state index < -0.39 is 21.3 Å². The maximum absolute atomic E-state index is 11.8. The molecule has 16 heavy (non-hydrogen) atoms. The van der Waals surface area contributed by atoms with E-state index in [9.17, 15) is 13.2 Å². The summed E-state index contributed by atoms with van der Waals surface area (Å²) in [6.07, 6.45) is 0.866. The molecule has 1 heterocycles. The molecule has 6 heteroatoms. The molecule has 0 radical (unpaired) electrons. The topological polar surface area (TPSA) is 63.2 Å². The Hall–Kier alpha value is -0.290. The Morgan fingerprint density at radius 1 is 1.38 bits per heavy atom. The molecule has 1 amide bonds. The van der Waals surface area contributed by atoms with Gasteiger partial charge in [-0.15, -0.1) is 11.6 Å². The van der Waals surface area contributed by atoms with Gasteiger partial charge in [0.25, 0.3) is 0 Å². The molecule has 2 rings (SSSR count). The van der Waals surface area contributed by atoms with Crippen LogP contribution in [0.5, 0.6) is 0 Å². The molecular weight excluding hydrogens is 250 g/mol. The fraction of sp³-hybridized carbons (Fsp3) is 0.900. The molecule has 4 nitrogen and oxygen atoms in total. The number of carbonyl (C=O) groups excluding carboxylic acids is 1. The van der Waals surface area contributed by atoms with Gasteiger partial charge < -0.3 is 5.32 Å². The van der Waals surface area contributed by atoms with Gasteiger partial charge in [0.15, 0.2) is 9.84 Å². The third-order valence-corrected chi connectivity index (χ3v) is 5.82. The minimum absolute atomic E-state index is 0.0136. The highest BCUT2D eigenvalue weighted by atomic mass is 35.5. The summed E-state index contributed by atoms with van der Waals surface area (Å²) in [4.78, 5) is 11.8. The zero-order valence-electron chi connectivity index (χ0n) is 9.36. The van der Waals surface area contributed by atoms with Crippen molar-refractivity contribution in [2.45, 2.75) is 31.7 Å². The second kappa shape index (κ2) is 3.60. The molecule has 3 atom stereocenters. The summed E-state index contributed by atoms with van der Waals surface area (Å²) < 4.78 is 22.6. The Morgan fingerprint density at radius 2 is 1.94 bits per heavy atom. The van der Waals surface area contributed by atoms with Crippen molar-refractivity contribution in [1.29, 1.82) is 0 Å². The Balaban J connectivity index is 1.94. The van der Waals surface area contributed by atoms with Gasteiger partial charge >= 0.3 is 0 Å². The smallest absolute Gasteiger partial charge is 0.223 e. The lowest BCUT2D eigenvalue weighted by atomic mass is 10.1. The molecular formula is C10H16ClNO3S. The SMILES string of the molecule is CC1(C)CC1C(=O)NC1CS(=O)(=O)CC1Cl. The van der Waals surface area contributed by atoms with Gasteiger partial charge in [-0.1, -0.05) is 13.8 Å². The molecule has 1 saturated carbocycles. The number of nitrogens with one attached hydrogen (secondary N) is 1. The average Bonchev–Trinajstić information content (AvgIpc) is 2.64. The zero-order valence-corrected chi connectivity index (χ0v) is 10.9. The van der Waals surface area contributed by atoms with Crippen molar-refractivity contribution in [2.24, 2.45) is 11.3 Å². The van der Waals surface area contributed by atoms with E-state index in [1.807, 2.05) is 13.8 Å². The molecule has 3 unspecified atom stereocenters. The zero-order chi connectivity index (χ0) is 12.1. The van der Waals surface area contributed by atoms with Crippen LogP contribution in [-0.4, -0.2) is 37.2 Å². The standard InChI is InChI=1S/C10H16ClNO3S/c1-10(2)3-6(10)9(13)12-8-5-16(14,15)4-7(8)11/h6-8H,3-5H2,1-2H3,(H,12,13). The van der Waals surface area contributed by atoms with Crippen LogP contribution >= 0.6 is 11.6 Å². The fourth-order valence-corrected chi connectivity index (χ4v) is 4.68. The third kappa shape index (κ3) is 2.35. The molecule has 92 valence electrons. The van der Waals surface area contributed by atoms with Crippen LogP contribution < -0.4 is 5.32 Å². The first-order valence-electron chi connectivity index (χ1n) is 5.36. The minimum atomic E-state index is -3.07. The number of amides is 1. The molecule has 2 aliphatic rings. The lowest BCUT2D eigenvalue weighted by molar-refractivity contribution is -0.123. The summed E-state index contributed by atoms with van der Waals surface area (Å²) >= 11 is 5.91. The van der Waals surface area contributed by atoms with Crippen LogP contribution in [0.2, 0.25) is 0 Å². The minimum Gasteiger partial charge on any atom is -0.351 e. The third-order valence-electron chi connectivity index (χ3n) is 3.44. The van der Waals surface area contributed by atoms with Crippen molar-refractivity contribution in [2.75, 3.05) is 11.5 Å². The van der Waals surface area contributed by atoms with E-state index in [2.05, 4.69) is 5.32 Å². The predicted octanol–water partition coefficient (Wildman–Crippen LogP) is 0.553. The second-order valence-corrected chi connectivity index (χ2v) is 8.17. The summed E-state index contributed by atoms with van der Waals surface area (Å²) in [7, 11) is -3.07. The number of sulfone groups is 1. The van der Waals surface area contributed by atoms with Crippen molar-refractivity contribution in [1.82, 2.24) is 5.32 Å². The predicted molar refractivity (Wildman–Crippen MR) is 62.1 cm³/mol. The summed E-state index contributed by atoms with van der Waals surface area (Å²) in [6.45, 7) is 4.06. The van der Waals surface area contributed by atoms with E-state index in [0.717, 1.165) is 6.42 Å². The summed E-state index contributed by atoms with van der Waals surface area (Å²) in [5.74, 6) is -0.106. The summed E-state index contributed by atoms with van der Waals surface area (Å²) in [6, 6.07) is -0.421. The van der Waals surface area contributed by atoms with Crippen LogP contribution in [-0.2, 0) is 14.6 Å². The van der Waals surface area contributed by atoms with Gasteiger partial charge in [-0.25, -0.2) is 8.42 Å². The number of rotatable bonds is 2. The van der Waals surface area contributed by atoms with E-state index in [0.29, 0.717) is 0 Å². The number of halogens is 1. The molecule has 0 aromatic rings. The maximum Gasteiger partial charge on any atom is 0.223 e. The van der Waals surface area contributed by atoms with Crippen molar-refractivity contribution in [3.63, 3.8) is 0 Å². The lowest BCUT2D eigenvalue weighted by Gasteiger charge is -2.14. The van der Waals surface area contributed by atoms with Gasteiger partial charge in [0.2, 0.25) is 5.91 Å². The number of hydrogen-bond donors (Lipinski definition) is 1. The Labute approximate surface area is 101 Å². The molecule has 1 N–H and O–H groups in total. The van der Waals surface area contributed by atoms with Gasteiger partial charge in [-0.3, -0.25) is 4.79 Å². The van der Waals surface area contributed by atoms with E-state index in [-0.39, 0.29) is 28.7 Å². The van der Waals surface area contributed by atoms with Crippen molar-refractivity contribution in [3.05, 3.63) is 0 Å². The molecule has 2 fully saturated rings. The van der Waals surface area contributed by atoms with Gasteiger partial charge in [0, 0.05) is 5.92 Å². The molecule has 0 aromatic heterocycles. The quantitative estimate of drug-likeness (QED) is 0.742. The fourth-order valence-electron chi connectivity index (χ4n) is 2.13. The van der Waals surface area contributed by atoms with E-state index in [1.165, 1.54) is 0 Å². The monoisotopic (exact) mass is 265 g/mol. The Kier molecular flexibility index (Phi) is 2.74. The normalized spacial score (nSPS) is 39.3. The van der Waals surface area contributed by atoms with Gasteiger partial charge in [-0.05, 0) is 11.8 Å². The Bertz CT molecular complexity index is 418. The molecule has 0 bridgehead atoms. The van der Waals surface area contributed by atoms with Crippen LogP contribution in [0.1, 0.15) is 20.3 Å². The van der Waals surface area contributed by atoms with Gasteiger partial charge in [-0.2, -0.15) is 0 Å². The molecule has 1 aliphatic carbocycles. The van der Waals surface area contributed by atoms with Crippen molar-refractivity contribution >= 4 is 27.3 Å². The van der Waals surface area contributed by atoms with E-state index in [4.69, 9.17) is 11.6 Å². The summed E-state index contributed by atoms with van der Waals surface area (Å²) in [5, 5.41) is 2.26.